The molecule has 0 aromatic carbocycles. The van der Waals surface area contributed by atoms with Gasteiger partial charge in [-0.2, -0.15) is 17.6 Å². The number of halogens is 1. The van der Waals surface area contributed by atoms with Crippen molar-refractivity contribution < 1.29 is 14.0 Å². The van der Waals surface area contributed by atoms with E-state index in [4.69, 9.17) is 25.6 Å². The fourth-order valence-electron chi connectivity index (χ4n) is 2.00. The summed E-state index contributed by atoms with van der Waals surface area (Å²) in [6.07, 6.45) is 3.47. The van der Waals surface area contributed by atoms with Crippen LogP contribution in [0.5, 0.6) is 5.88 Å². The molecule has 0 amide bonds. The van der Waals surface area contributed by atoms with Gasteiger partial charge in [0.2, 0.25) is 11.2 Å². The Balaban J connectivity index is 2.34. The Morgan fingerprint density at radius 1 is 1.36 bits per heavy atom. The normalized spacial score (nSPS) is 20.3. The maximum Gasteiger partial charge on any atom is 0.491 e. The van der Waals surface area contributed by atoms with Crippen LogP contribution in [-0.2, 0) is 9.31 Å². The van der Waals surface area contributed by atoms with Crippen molar-refractivity contribution >= 4 is 37.4 Å². The average Bonchev–Trinajstić information content (AvgIpc) is 2.65. The number of ether oxygens (including phenoxy) is 1. The third-order valence-corrected chi connectivity index (χ3v) is 4.57. The van der Waals surface area contributed by atoms with Crippen molar-refractivity contribution in [1.82, 2.24) is 9.97 Å². The molecular weight excluding hydrogens is 322 g/mol. The number of thiol groups is 1. The lowest BCUT2D eigenvalue weighted by Gasteiger charge is -2.32. The molecule has 0 N–H and O–H groups in total. The van der Waals surface area contributed by atoms with Gasteiger partial charge in [-0.05, 0) is 44.8 Å². The molecular formula is C14H20BClN2O3S. The van der Waals surface area contributed by atoms with Crippen LogP contribution < -0.4 is 4.74 Å². The zero-order chi connectivity index (χ0) is 16.5. The van der Waals surface area contributed by atoms with E-state index in [2.05, 4.69) is 22.6 Å². The molecule has 1 aliphatic heterocycles. The summed E-state index contributed by atoms with van der Waals surface area (Å²) in [5.74, 6) is 0.874. The number of methoxy groups -OCH3 is 1. The first-order valence-electron chi connectivity index (χ1n) is 6.93. The highest BCUT2D eigenvalue weighted by Gasteiger charge is 2.52. The Kier molecular flexibility index (Phi) is 5.11. The van der Waals surface area contributed by atoms with Gasteiger partial charge in [0, 0.05) is 11.9 Å². The number of aromatic nitrogens is 2. The predicted molar refractivity (Wildman–Crippen MR) is 91.5 cm³/mol. The zero-order valence-corrected chi connectivity index (χ0v) is 15.0. The quantitative estimate of drug-likeness (QED) is 0.518. The molecule has 120 valence electrons. The summed E-state index contributed by atoms with van der Waals surface area (Å²) in [7, 11) is 1.06. The van der Waals surface area contributed by atoms with E-state index in [-0.39, 0.29) is 5.28 Å². The van der Waals surface area contributed by atoms with Gasteiger partial charge in [-0.1, -0.05) is 6.08 Å². The van der Waals surface area contributed by atoms with Gasteiger partial charge in [-0.25, -0.2) is 4.98 Å². The van der Waals surface area contributed by atoms with E-state index >= 15 is 0 Å². The van der Waals surface area contributed by atoms with Crippen molar-refractivity contribution in [2.45, 2.75) is 38.9 Å². The third kappa shape index (κ3) is 3.43. The van der Waals surface area contributed by atoms with Crippen molar-refractivity contribution in [3.63, 3.8) is 0 Å². The molecule has 2 heterocycles. The standard InChI is InChI=1S/C14H20BClN2O3S/c1-13(2)14(3,4)21-15(20-13)10(8-22)6-9-7-17-12(16)18-11(9)19-5/h6-7,22H,8H2,1-5H3. The molecule has 5 nitrogen and oxygen atoms in total. The number of nitrogens with zero attached hydrogens (tertiary/aromatic N) is 2. The van der Waals surface area contributed by atoms with E-state index in [9.17, 15) is 0 Å². The molecule has 0 spiro atoms. The van der Waals surface area contributed by atoms with E-state index in [1.54, 1.807) is 6.20 Å². The molecule has 1 fully saturated rings. The molecule has 1 saturated heterocycles. The summed E-state index contributed by atoms with van der Waals surface area (Å²) >= 11 is 10.2. The predicted octanol–water partition coefficient (Wildman–Crippen LogP) is 3.08. The minimum absolute atomic E-state index is 0.136. The van der Waals surface area contributed by atoms with Crippen molar-refractivity contribution in [2.24, 2.45) is 0 Å². The van der Waals surface area contributed by atoms with Crippen molar-refractivity contribution in [2.75, 3.05) is 12.9 Å². The fourth-order valence-corrected chi connectivity index (χ4v) is 2.37. The lowest BCUT2D eigenvalue weighted by atomic mass is 9.78. The van der Waals surface area contributed by atoms with Crippen molar-refractivity contribution in [3.05, 3.63) is 22.5 Å². The van der Waals surface area contributed by atoms with Crippen LogP contribution in [0.15, 0.2) is 11.7 Å². The molecule has 22 heavy (non-hydrogen) atoms. The maximum atomic E-state index is 6.04. The third-order valence-electron chi connectivity index (χ3n) is 4.02. The minimum Gasteiger partial charge on any atom is -0.480 e. The average molecular weight is 343 g/mol. The number of rotatable bonds is 4. The van der Waals surface area contributed by atoms with Gasteiger partial charge in [0.15, 0.2) is 0 Å². The van der Waals surface area contributed by atoms with E-state index < -0.39 is 18.3 Å². The second-order valence-corrected chi connectivity index (χ2v) is 6.72. The first kappa shape index (κ1) is 17.6. The summed E-state index contributed by atoms with van der Waals surface area (Å²) < 4.78 is 17.3. The smallest absolute Gasteiger partial charge is 0.480 e. The Morgan fingerprint density at radius 2 is 1.95 bits per heavy atom. The van der Waals surface area contributed by atoms with Gasteiger partial charge in [-0.15, -0.1) is 0 Å². The van der Waals surface area contributed by atoms with Crippen LogP contribution in [0.3, 0.4) is 0 Å². The number of hydrogen-bond acceptors (Lipinski definition) is 6. The first-order valence-corrected chi connectivity index (χ1v) is 7.94. The molecule has 1 aliphatic rings. The topological polar surface area (TPSA) is 53.5 Å². The van der Waals surface area contributed by atoms with Gasteiger partial charge >= 0.3 is 7.12 Å². The van der Waals surface area contributed by atoms with Crippen LogP contribution in [-0.4, -0.2) is 41.2 Å². The molecule has 2 rings (SSSR count). The van der Waals surface area contributed by atoms with E-state index in [1.165, 1.54) is 7.11 Å². The lowest BCUT2D eigenvalue weighted by molar-refractivity contribution is 0.00578. The highest BCUT2D eigenvalue weighted by atomic mass is 35.5. The molecule has 8 heteroatoms. The van der Waals surface area contributed by atoms with Crippen LogP contribution in [0.4, 0.5) is 0 Å². The highest BCUT2D eigenvalue weighted by Crippen LogP contribution is 2.39. The van der Waals surface area contributed by atoms with Crippen LogP contribution in [0, 0.1) is 0 Å². The Hall–Kier alpha value is -0.755. The summed E-state index contributed by atoms with van der Waals surface area (Å²) in [4.78, 5) is 8.03. The second-order valence-electron chi connectivity index (χ2n) is 6.07. The second kappa shape index (κ2) is 6.39. The van der Waals surface area contributed by atoms with E-state index in [1.807, 2.05) is 33.8 Å². The SMILES string of the molecule is COc1nc(Cl)ncc1C=C(CS)B1OC(C)(C)C(C)(C)O1. The highest BCUT2D eigenvalue weighted by molar-refractivity contribution is 7.80. The van der Waals surface area contributed by atoms with Gasteiger partial charge in [0.1, 0.15) is 0 Å². The first-order chi connectivity index (χ1) is 10.2. The number of hydrogen-bond donors (Lipinski definition) is 1. The van der Waals surface area contributed by atoms with Crippen molar-refractivity contribution in [1.29, 1.82) is 0 Å². The molecule has 0 aliphatic carbocycles. The van der Waals surface area contributed by atoms with Gasteiger partial charge in [-0.3, -0.25) is 0 Å². The summed E-state index contributed by atoms with van der Waals surface area (Å²) in [6.45, 7) is 8.04. The van der Waals surface area contributed by atoms with Gasteiger partial charge < -0.3 is 14.0 Å². The Bertz CT molecular complexity index is 579. The van der Waals surface area contributed by atoms with Crippen LogP contribution in [0.25, 0.3) is 6.08 Å². The molecule has 0 saturated carbocycles. The largest absolute Gasteiger partial charge is 0.491 e. The molecule has 0 unspecified atom stereocenters. The van der Waals surface area contributed by atoms with Gasteiger partial charge in [0.25, 0.3) is 0 Å². The summed E-state index contributed by atoms with van der Waals surface area (Å²) in [5, 5.41) is 0.136. The fraction of sp³-hybridized carbons (Fsp3) is 0.571. The molecule has 0 radical (unpaired) electrons. The molecule has 0 atom stereocenters. The minimum atomic E-state index is -0.470. The molecule has 1 aromatic heterocycles. The van der Waals surface area contributed by atoms with Crippen LogP contribution in [0.2, 0.25) is 5.28 Å². The summed E-state index contributed by atoms with van der Waals surface area (Å²) in [5.41, 5.74) is 0.762. The summed E-state index contributed by atoms with van der Waals surface area (Å²) in [6, 6.07) is 0. The van der Waals surface area contributed by atoms with Crippen LogP contribution >= 0.6 is 24.2 Å². The monoisotopic (exact) mass is 342 g/mol. The molecule has 0 bridgehead atoms. The Morgan fingerprint density at radius 3 is 2.45 bits per heavy atom. The van der Waals surface area contributed by atoms with Crippen LogP contribution in [0.1, 0.15) is 33.3 Å². The Labute approximate surface area is 142 Å². The maximum absolute atomic E-state index is 6.04. The van der Waals surface area contributed by atoms with Gasteiger partial charge in [0.05, 0.1) is 23.9 Å². The zero-order valence-electron chi connectivity index (χ0n) is 13.4. The van der Waals surface area contributed by atoms with E-state index in [0.29, 0.717) is 17.2 Å². The lowest BCUT2D eigenvalue weighted by Crippen LogP contribution is -2.41. The molecule has 1 aromatic rings. The van der Waals surface area contributed by atoms with Crippen molar-refractivity contribution in [3.8, 4) is 5.88 Å². The van der Waals surface area contributed by atoms with E-state index in [0.717, 1.165) is 5.47 Å².